The maximum Gasteiger partial charge on any atom is 0 e. The third-order valence-electron chi connectivity index (χ3n) is 8.14. The summed E-state index contributed by atoms with van der Waals surface area (Å²) in [4.78, 5) is 0. The quantitative estimate of drug-likeness (QED) is 0.0860. The minimum absolute atomic E-state index is 0. The molecule has 0 nitrogen and oxygen atoms in total. The van der Waals surface area contributed by atoms with Crippen LogP contribution in [0.2, 0.25) is 5.02 Å². The zero-order valence-electron chi connectivity index (χ0n) is 26.5. The molecule has 0 spiro atoms. The van der Waals surface area contributed by atoms with Crippen LogP contribution >= 0.6 is 27.4 Å². The van der Waals surface area contributed by atoms with Gasteiger partial charge in [-0.1, -0.05) is 193 Å². The number of hydrogen-bond donors (Lipinski definition) is 0. The van der Waals surface area contributed by atoms with Gasteiger partial charge in [0.2, 0.25) is 0 Å². The van der Waals surface area contributed by atoms with Crippen LogP contribution in [0.25, 0.3) is 21.9 Å². The van der Waals surface area contributed by atoms with Crippen LogP contribution in [-0.2, 0) is 33.6 Å². The third kappa shape index (κ3) is 8.43. The van der Waals surface area contributed by atoms with Crippen molar-refractivity contribution in [2.75, 3.05) is 0 Å². The van der Waals surface area contributed by atoms with E-state index in [0.717, 1.165) is 10.6 Å². The Bertz CT molecular complexity index is 2070. The summed E-state index contributed by atoms with van der Waals surface area (Å²) in [5.74, 6) is 0. The second-order valence-electron chi connectivity index (χ2n) is 11.1. The fraction of sp³-hybridized carbons (Fsp3) is 0. The first-order valence-corrected chi connectivity index (χ1v) is 18.8. The van der Waals surface area contributed by atoms with Gasteiger partial charge in [0.1, 0.15) is 0 Å². The maximum absolute atomic E-state index is 6.81. The smallest absolute Gasteiger partial charge is 0 e. The molecule has 0 amide bonds. The average Bonchev–Trinajstić information content (AvgIpc) is 3.81. The summed E-state index contributed by atoms with van der Waals surface area (Å²) < 4.78 is 0. The van der Waals surface area contributed by atoms with Gasteiger partial charge in [-0.05, 0) is 21.0 Å². The fourth-order valence-corrected chi connectivity index (χ4v) is 11.2. The Labute approximate surface area is 317 Å². The Morgan fingerprint density at radius 3 is 1.47 bits per heavy atom. The van der Waals surface area contributed by atoms with Crippen LogP contribution < -0.4 is 31.8 Å². The maximum atomic E-state index is 6.81. The van der Waals surface area contributed by atoms with Crippen molar-refractivity contribution in [1.82, 2.24) is 0 Å². The summed E-state index contributed by atoms with van der Waals surface area (Å²) in [5.41, 5.74) is 2.36. The molecule has 0 N–H and O–H groups in total. The molecule has 0 aliphatic rings. The van der Waals surface area contributed by atoms with Gasteiger partial charge in [0, 0.05) is 33.6 Å². The summed E-state index contributed by atoms with van der Waals surface area (Å²) in [6.45, 7) is 0. The van der Waals surface area contributed by atoms with Gasteiger partial charge in [0.05, 0.1) is 0 Å². The van der Waals surface area contributed by atoms with Crippen molar-refractivity contribution in [3.05, 3.63) is 205 Å². The van der Waals surface area contributed by atoms with Crippen LogP contribution in [0.5, 0.6) is 0 Å². The van der Waals surface area contributed by atoms with Crippen molar-refractivity contribution in [2.24, 2.45) is 0 Å². The molecule has 8 aromatic rings. The van der Waals surface area contributed by atoms with Gasteiger partial charge in [-0.15, -0.1) is 28.5 Å². The van der Waals surface area contributed by atoms with E-state index in [9.17, 15) is 0 Å². The van der Waals surface area contributed by atoms with Crippen molar-refractivity contribution in [3.63, 3.8) is 0 Å². The minimum atomic E-state index is -0.709. The van der Waals surface area contributed by atoms with Crippen LogP contribution in [0.15, 0.2) is 200 Å². The first-order valence-electron chi connectivity index (χ1n) is 15.7. The molecule has 5 heteroatoms. The summed E-state index contributed by atoms with van der Waals surface area (Å²) in [6, 6.07) is 71.1. The Balaban J connectivity index is 0.000000203. The average molecular weight is 774 g/mol. The topological polar surface area (TPSA) is 0 Å². The van der Waals surface area contributed by atoms with Gasteiger partial charge in [0.15, 0.2) is 0 Å². The van der Waals surface area contributed by atoms with Crippen LogP contribution in [0.3, 0.4) is 0 Å². The molecule has 250 valence electrons. The van der Waals surface area contributed by atoms with Crippen LogP contribution in [-0.4, -0.2) is 0 Å². The molecule has 0 saturated carbocycles. The molecule has 0 fully saturated rings. The SMILES string of the molecule is Cl[c-]1ccc(P(c2ccccc2)c2ccccc2)c1-c1cccc2ccccc12.[Fe].[Ni].c1ccc(P(c2ccccc2)[c-]2[cH-][cH-][cH-][cH-]2)cc1. The van der Waals surface area contributed by atoms with E-state index in [0.29, 0.717) is 0 Å². The second kappa shape index (κ2) is 17.9. The molecule has 0 radical (unpaired) electrons. The minimum Gasteiger partial charge on any atom is -0.747 e. The first kappa shape index (κ1) is 36.7. The van der Waals surface area contributed by atoms with Crippen molar-refractivity contribution in [2.45, 2.75) is 0 Å². The fourth-order valence-electron chi connectivity index (χ4n) is 6.03. The summed E-state index contributed by atoms with van der Waals surface area (Å²) in [6.07, 6.45) is 0. The predicted molar refractivity (Wildman–Crippen MR) is 209 cm³/mol. The van der Waals surface area contributed by atoms with E-state index in [1.807, 2.05) is 0 Å². The van der Waals surface area contributed by atoms with Crippen LogP contribution in [0, 0.1) is 0 Å². The van der Waals surface area contributed by atoms with Gasteiger partial charge in [0.25, 0.3) is 0 Å². The molecular weight excluding hydrogens is 740 g/mol. The van der Waals surface area contributed by atoms with E-state index in [4.69, 9.17) is 11.6 Å². The molecule has 0 aliphatic heterocycles. The number of hydrogen-bond acceptors (Lipinski definition) is 0. The summed E-state index contributed by atoms with van der Waals surface area (Å²) in [7, 11) is -1.12. The van der Waals surface area contributed by atoms with E-state index in [1.165, 1.54) is 48.2 Å². The van der Waals surface area contributed by atoms with Gasteiger partial charge < -0.3 is 29.6 Å². The van der Waals surface area contributed by atoms with Gasteiger partial charge >= 0.3 is 0 Å². The van der Waals surface area contributed by atoms with Crippen LogP contribution in [0.4, 0.5) is 0 Å². The van der Waals surface area contributed by atoms with E-state index < -0.39 is 15.8 Å². The predicted octanol–water partition coefficient (Wildman–Crippen LogP) is 9.80. The van der Waals surface area contributed by atoms with Crippen molar-refractivity contribution in [3.8, 4) is 11.1 Å². The molecule has 0 atom stereocenters. The Hall–Kier alpha value is -3.56. The summed E-state index contributed by atoms with van der Waals surface area (Å²) in [5, 5.41) is 11.5. The van der Waals surface area contributed by atoms with E-state index in [1.54, 1.807) is 0 Å². The zero-order chi connectivity index (χ0) is 31.8. The van der Waals surface area contributed by atoms with Crippen molar-refractivity contribution >= 4 is 70.0 Å². The van der Waals surface area contributed by atoms with E-state index in [-0.39, 0.29) is 33.6 Å². The molecule has 0 aromatic heterocycles. The summed E-state index contributed by atoms with van der Waals surface area (Å²) >= 11 is 6.81. The molecule has 0 unspecified atom stereocenters. The number of halogens is 1. The van der Waals surface area contributed by atoms with Crippen molar-refractivity contribution < 1.29 is 33.6 Å². The normalized spacial score (nSPS) is 10.6. The monoisotopic (exact) mass is 772 g/mol. The zero-order valence-corrected chi connectivity index (χ0v) is 31.1. The molecule has 49 heavy (non-hydrogen) atoms. The molecule has 8 aromatic carbocycles. The molecule has 0 heterocycles. The largest absolute Gasteiger partial charge is 0.747 e. The second-order valence-corrected chi connectivity index (χ2v) is 15.9. The molecule has 8 rings (SSSR count). The Kier molecular flexibility index (Phi) is 13.4. The number of benzene rings is 6. The van der Waals surface area contributed by atoms with Gasteiger partial charge in [-0.2, -0.15) is 6.07 Å². The molecule has 0 aliphatic carbocycles. The van der Waals surface area contributed by atoms with Gasteiger partial charge in [-0.3, -0.25) is 0 Å². The molecule has 0 saturated heterocycles. The Morgan fingerprint density at radius 1 is 0.490 bits per heavy atom. The van der Waals surface area contributed by atoms with Crippen LogP contribution in [0.1, 0.15) is 0 Å². The van der Waals surface area contributed by atoms with E-state index >= 15 is 0 Å². The van der Waals surface area contributed by atoms with Crippen molar-refractivity contribution in [1.29, 1.82) is 0 Å². The molecule has 0 bridgehead atoms. The van der Waals surface area contributed by atoms with Gasteiger partial charge in [-0.25, -0.2) is 7.92 Å². The third-order valence-corrected chi connectivity index (χ3v) is 13.4. The number of fused-ring (bicyclic) bond motifs is 1. The molecular formula is C44H33ClFeNiP2-6. The standard InChI is InChI=1S/C27H19ClP.C17H14P.Fe.Ni/c28-25-18-19-26(27(25)24-17-9-11-20-10-7-8-16-23(20)24)29(21-12-3-1-4-13-21)22-14-5-2-6-15-22;1-3-9-15(10-4-1)18(17-13-7-8-14-17)16-11-5-2-6-12-16;;/h1-19H;1-14H;;/q-1;-5;;. The number of rotatable bonds is 7. The van der Waals surface area contributed by atoms with E-state index in [2.05, 4.69) is 200 Å². The Morgan fingerprint density at radius 2 is 0.939 bits per heavy atom. The first-order chi connectivity index (χ1) is 23.3.